The summed E-state index contributed by atoms with van der Waals surface area (Å²) in [4.78, 5) is 44.8. The van der Waals surface area contributed by atoms with Gasteiger partial charge in [-0.3, -0.25) is 14.4 Å². The lowest BCUT2D eigenvalue weighted by Crippen LogP contribution is -2.30. The van der Waals surface area contributed by atoms with E-state index in [-0.39, 0.29) is 22.8 Å². The number of hydrogen-bond donors (Lipinski definition) is 3. The standard InChI is InChI=1S/C34H30N4O4S3/c1-3-30(33(41)38-34-37-29(21-44-34)23-12-14-26(42-2)15-13-23)45-27-11-7-10-25(19-27)35-32(40)28(18-22-16-17-43-20-22)36-31(39)24-8-5-4-6-9-24/h4-21,30H,3H2,1-2H3,(H,35,40)(H,36,39)(H,37,38,41)/b28-18-. The number of nitrogens with zero attached hydrogens (tertiary/aromatic N) is 1. The van der Waals surface area contributed by atoms with Gasteiger partial charge in [-0.25, -0.2) is 4.98 Å². The van der Waals surface area contributed by atoms with Crippen molar-refractivity contribution >= 4 is 69.1 Å². The second-order valence-corrected chi connectivity index (χ2v) is 12.6. The highest BCUT2D eigenvalue weighted by Crippen LogP contribution is 2.31. The highest BCUT2D eigenvalue weighted by atomic mass is 32.2. The van der Waals surface area contributed by atoms with Gasteiger partial charge in [0.2, 0.25) is 5.91 Å². The van der Waals surface area contributed by atoms with Crippen molar-refractivity contribution in [1.82, 2.24) is 10.3 Å². The van der Waals surface area contributed by atoms with Crippen LogP contribution in [0.3, 0.4) is 0 Å². The topological polar surface area (TPSA) is 109 Å². The molecule has 3 amide bonds. The number of benzene rings is 3. The third-order valence-electron chi connectivity index (χ3n) is 6.54. The zero-order valence-corrected chi connectivity index (χ0v) is 26.9. The summed E-state index contributed by atoms with van der Waals surface area (Å²) >= 11 is 4.26. The minimum absolute atomic E-state index is 0.114. The first-order valence-electron chi connectivity index (χ1n) is 14.0. The van der Waals surface area contributed by atoms with Gasteiger partial charge in [0.25, 0.3) is 11.8 Å². The average molecular weight is 655 g/mol. The molecule has 1 unspecified atom stereocenters. The van der Waals surface area contributed by atoms with Crippen molar-refractivity contribution < 1.29 is 19.1 Å². The highest BCUT2D eigenvalue weighted by Gasteiger charge is 2.20. The van der Waals surface area contributed by atoms with Gasteiger partial charge in [-0.15, -0.1) is 23.1 Å². The summed E-state index contributed by atoms with van der Waals surface area (Å²) in [5, 5.41) is 14.4. The predicted octanol–water partition coefficient (Wildman–Crippen LogP) is 7.80. The minimum atomic E-state index is -0.464. The molecule has 0 spiro atoms. The lowest BCUT2D eigenvalue weighted by atomic mass is 10.2. The van der Waals surface area contributed by atoms with Crippen molar-refractivity contribution in [3.63, 3.8) is 0 Å². The predicted molar refractivity (Wildman–Crippen MR) is 184 cm³/mol. The van der Waals surface area contributed by atoms with Crippen LogP contribution >= 0.6 is 34.4 Å². The third-order valence-corrected chi connectivity index (χ3v) is 9.35. The number of rotatable bonds is 12. The lowest BCUT2D eigenvalue weighted by molar-refractivity contribution is -0.116. The van der Waals surface area contributed by atoms with Crippen molar-refractivity contribution in [2.75, 3.05) is 17.7 Å². The molecular formula is C34H30N4O4S3. The number of carbonyl (C=O) groups excluding carboxylic acids is 3. The fourth-order valence-electron chi connectivity index (χ4n) is 4.21. The molecule has 2 heterocycles. The summed E-state index contributed by atoms with van der Waals surface area (Å²) in [6, 6.07) is 25.5. The maximum Gasteiger partial charge on any atom is 0.272 e. The number of methoxy groups -OCH3 is 1. The second kappa shape index (κ2) is 15.3. The van der Waals surface area contributed by atoms with Crippen LogP contribution in [0.2, 0.25) is 0 Å². The number of amides is 3. The number of hydrogen-bond acceptors (Lipinski definition) is 8. The lowest BCUT2D eigenvalue weighted by Gasteiger charge is -2.15. The number of carbonyl (C=O) groups is 3. The van der Waals surface area contributed by atoms with Gasteiger partial charge in [0.1, 0.15) is 11.4 Å². The molecule has 228 valence electrons. The number of anilines is 2. The van der Waals surface area contributed by atoms with E-state index < -0.39 is 5.91 Å². The smallest absolute Gasteiger partial charge is 0.272 e. The number of ether oxygens (including phenoxy) is 1. The maximum absolute atomic E-state index is 13.4. The van der Waals surface area contributed by atoms with E-state index in [4.69, 9.17) is 4.74 Å². The fraction of sp³-hybridized carbons (Fsp3) is 0.118. The number of thiazole rings is 1. The summed E-state index contributed by atoms with van der Waals surface area (Å²) in [5.74, 6) is -0.241. The van der Waals surface area contributed by atoms with E-state index in [1.807, 2.05) is 77.7 Å². The van der Waals surface area contributed by atoms with Crippen LogP contribution in [0.5, 0.6) is 5.75 Å². The van der Waals surface area contributed by atoms with Gasteiger partial charge in [-0.05, 0) is 89.5 Å². The Bertz CT molecular complexity index is 1790. The molecule has 0 aliphatic heterocycles. The molecule has 1 atom stereocenters. The second-order valence-electron chi connectivity index (χ2n) is 9.69. The Labute approximate surface area is 273 Å². The maximum atomic E-state index is 13.4. The van der Waals surface area contributed by atoms with E-state index in [1.165, 1.54) is 34.4 Å². The molecule has 8 nitrogen and oxygen atoms in total. The molecule has 0 aliphatic carbocycles. The Kier molecular flexibility index (Phi) is 10.8. The van der Waals surface area contributed by atoms with E-state index in [9.17, 15) is 14.4 Å². The first kappa shape index (κ1) is 31.7. The van der Waals surface area contributed by atoms with Gasteiger partial charge in [-0.2, -0.15) is 11.3 Å². The SMILES string of the molecule is CCC(Sc1cccc(NC(=O)/C(=C/c2ccsc2)NC(=O)c2ccccc2)c1)C(=O)Nc1nc(-c2ccc(OC)cc2)cs1. The Balaban J connectivity index is 1.24. The van der Waals surface area contributed by atoms with Gasteiger partial charge >= 0.3 is 0 Å². The molecule has 5 rings (SSSR count). The average Bonchev–Trinajstić information content (AvgIpc) is 3.76. The molecule has 0 aliphatic rings. The molecule has 45 heavy (non-hydrogen) atoms. The molecule has 0 fully saturated rings. The summed E-state index contributed by atoms with van der Waals surface area (Å²) in [6.45, 7) is 1.95. The van der Waals surface area contributed by atoms with Crippen molar-refractivity contribution in [2.24, 2.45) is 0 Å². The third kappa shape index (κ3) is 8.69. The van der Waals surface area contributed by atoms with Crippen molar-refractivity contribution in [2.45, 2.75) is 23.5 Å². The molecular weight excluding hydrogens is 625 g/mol. The summed E-state index contributed by atoms with van der Waals surface area (Å²) in [7, 11) is 1.62. The van der Waals surface area contributed by atoms with Gasteiger partial charge in [0, 0.05) is 27.1 Å². The monoisotopic (exact) mass is 654 g/mol. The molecule has 3 aromatic carbocycles. The molecule has 0 saturated heterocycles. The molecule has 2 aromatic heterocycles. The van der Waals surface area contributed by atoms with E-state index in [1.54, 1.807) is 43.5 Å². The zero-order chi connectivity index (χ0) is 31.6. The van der Waals surface area contributed by atoms with Crippen LogP contribution in [0.4, 0.5) is 10.8 Å². The van der Waals surface area contributed by atoms with Gasteiger partial charge in [0.15, 0.2) is 5.13 Å². The molecule has 5 aromatic rings. The molecule has 3 N–H and O–H groups in total. The Hall–Kier alpha value is -4.71. The molecule has 0 bridgehead atoms. The largest absolute Gasteiger partial charge is 0.497 e. The van der Waals surface area contributed by atoms with Gasteiger partial charge in [-0.1, -0.05) is 31.2 Å². The first-order chi connectivity index (χ1) is 21.9. The fourth-order valence-corrected chi connectivity index (χ4v) is 6.56. The van der Waals surface area contributed by atoms with E-state index >= 15 is 0 Å². The van der Waals surface area contributed by atoms with Crippen LogP contribution < -0.4 is 20.7 Å². The van der Waals surface area contributed by atoms with Crippen LogP contribution in [-0.4, -0.2) is 35.1 Å². The van der Waals surface area contributed by atoms with Crippen molar-refractivity contribution in [1.29, 1.82) is 0 Å². The molecule has 0 radical (unpaired) electrons. The van der Waals surface area contributed by atoms with Gasteiger partial charge in [0.05, 0.1) is 18.1 Å². The van der Waals surface area contributed by atoms with Crippen LogP contribution in [0.15, 0.2) is 112 Å². The first-order valence-corrected chi connectivity index (χ1v) is 16.7. The highest BCUT2D eigenvalue weighted by molar-refractivity contribution is 8.00. The van der Waals surface area contributed by atoms with E-state index in [2.05, 4.69) is 20.9 Å². The molecule has 0 saturated carbocycles. The zero-order valence-electron chi connectivity index (χ0n) is 24.5. The van der Waals surface area contributed by atoms with Gasteiger partial charge < -0.3 is 20.7 Å². The Morgan fingerprint density at radius 3 is 2.47 bits per heavy atom. The van der Waals surface area contributed by atoms with E-state index in [0.29, 0.717) is 22.8 Å². The summed E-state index contributed by atoms with van der Waals surface area (Å²) < 4.78 is 5.22. The number of thioether (sulfide) groups is 1. The minimum Gasteiger partial charge on any atom is -0.497 e. The quantitative estimate of drug-likeness (QED) is 0.0936. The van der Waals surface area contributed by atoms with Crippen LogP contribution in [0.25, 0.3) is 17.3 Å². The number of aromatic nitrogens is 1. The summed E-state index contributed by atoms with van der Waals surface area (Å²) in [6.07, 6.45) is 2.23. The van der Waals surface area contributed by atoms with Crippen LogP contribution in [-0.2, 0) is 9.59 Å². The van der Waals surface area contributed by atoms with E-state index in [0.717, 1.165) is 27.5 Å². The number of thiophene rings is 1. The van der Waals surface area contributed by atoms with Crippen LogP contribution in [0, 0.1) is 0 Å². The Morgan fingerprint density at radius 2 is 1.76 bits per heavy atom. The Morgan fingerprint density at radius 1 is 0.956 bits per heavy atom. The van der Waals surface area contributed by atoms with Crippen molar-refractivity contribution in [3.8, 4) is 17.0 Å². The number of nitrogens with one attached hydrogen (secondary N) is 3. The summed E-state index contributed by atoms with van der Waals surface area (Å²) in [5.41, 5.74) is 3.60. The molecule has 11 heteroatoms. The van der Waals surface area contributed by atoms with Crippen molar-refractivity contribution in [3.05, 3.63) is 118 Å². The normalized spacial score (nSPS) is 11.8. The van der Waals surface area contributed by atoms with Crippen LogP contribution in [0.1, 0.15) is 29.3 Å².